The Bertz CT molecular complexity index is 1140. The van der Waals surface area contributed by atoms with Crippen LogP contribution in [-0.4, -0.2) is 23.2 Å². The molecule has 34 heavy (non-hydrogen) atoms. The second kappa shape index (κ2) is 9.27. The SMILES string of the molecule is CC(O)(CC(C)(C)c1ccccc1)CC(C)(CNc1ccc2c(c1)COC2=O)c1ccccc1. The van der Waals surface area contributed by atoms with Crippen LogP contribution in [0.4, 0.5) is 5.69 Å². The van der Waals surface area contributed by atoms with Crippen LogP contribution in [0.15, 0.2) is 78.9 Å². The number of esters is 1. The van der Waals surface area contributed by atoms with Crippen LogP contribution in [0.3, 0.4) is 0 Å². The molecule has 2 unspecified atom stereocenters. The van der Waals surface area contributed by atoms with E-state index in [1.165, 1.54) is 11.1 Å². The third-order valence-electron chi connectivity index (χ3n) is 6.99. The van der Waals surface area contributed by atoms with Crippen LogP contribution >= 0.6 is 0 Å². The summed E-state index contributed by atoms with van der Waals surface area (Å²) in [6.45, 7) is 9.53. The van der Waals surface area contributed by atoms with Crippen LogP contribution < -0.4 is 5.32 Å². The lowest BCUT2D eigenvalue weighted by atomic mass is 9.68. The van der Waals surface area contributed by atoms with Gasteiger partial charge in [0.1, 0.15) is 6.61 Å². The van der Waals surface area contributed by atoms with Crippen LogP contribution in [-0.2, 0) is 22.2 Å². The summed E-state index contributed by atoms with van der Waals surface area (Å²) < 4.78 is 5.14. The van der Waals surface area contributed by atoms with Gasteiger partial charge in [0, 0.05) is 23.2 Å². The standard InChI is InChI=1S/C30H35NO3/c1-28(2,23-11-7-5-8-12-23)19-30(4,33)20-29(3,24-13-9-6-10-14-24)21-31-25-15-16-26-22(17-25)18-34-27(26)32/h5-17,31,33H,18-21H2,1-4H3. The molecule has 3 aromatic rings. The first kappa shape index (κ1) is 24.0. The number of carbonyl (C=O) groups excluding carboxylic acids is 1. The van der Waals surface area contributed by atoms with Crippen molar-refractivity contribution in [1.82, 2.24) is 0 Å². The lowest BCUT2D eigenvalue weighted by molar-refractivity contribution is 0.00505. The molecule has 0 saturated carbocycles. The number of hydrogen-bond donors (Lipinski definition) is 2. The number of nitrogens with one attached hydrogen (secondary N) is 1. The second-order valence-electron chi connectivity index (χ2n) is 10.8. The Morgan fingerprint density at radius 3 is 2.12 bits per heavy atom. The fourth-order valence-electron chi connectivity index (χ4n) is 5.49. The van der Waals surface area contributed by atoms with E-state index >= 15 is 0 Å². The molecule has 1 heterocycles. The van der Waals surface area contributed by atoms with Crippen molar-refractivity contribution in [2.24, 2.45) is 0 Å². The summed E-state index contributed by atoms with van der Waals surface area (Å²) in [5, 5.41) is 15.2. The summed E-state index contributed by atoms with van der Waals surface area (Å²) in [5.74, 6) is -0.257. The minimum atomic E-state index is -0.885. The van der Waals surface area contributed by atoms with Gasteiger partial charge in [-0.1, -0.05) is 81.4 Å². The van der Waals surface area contributed by atoms with Gasteiger partial charge in [0.15, 0.2) is 0 Å². The summed E-state index contributed by atoms with van der Waals surface area (Å²) in [5.41, 5.74) is 3.54. The van der Waals surface area contributed by atoms with E-state index < -0.39 is 5.60 Å². The third-order valence-corrected chi connectivity index (χ3v) is 6.99. The molecule has 0 radical (unpaired) electrons. The highest BCUT2D eigenvalue weighted by atomic mass is 16.5. The highest BCUT2D eigenvalue weighted by Crippen LogP contribution is 2.40. The molecule has 178 valence electrons. The molecule has 0 aliphatic carbocycles. The smallest absolute Gasteiger partial charge is 0.338 e. The molecule has 1 aliphatic rings. The quantitative estimate of drug-likeness (QED) is 0.374. The van der Waals surface area contributed by atoms with Crippen molar-refractivity contribution in [3.63, 3.8) is 0 Å². The molecule has 3 aromatic carbocycles. The van der Waals surface area contributed by atoms with Crippen LogP contribution in [0.5, 0.6) is 0 Å². The zero-order valence-corrected chi connectivity index (χ0v) is 20.6. The Morgan fingerprint density at radius 1 is 0.853 bits per heavy atom. The van der Waals surface area contributed by atoms with E-state index in [0.717, 1.165) is 11.3 Å². The fraction of sp³-hybridized carbons (Fsp3) is 0.367. The number of rotatable bonds is 9. The summed E-state index contributed by atoms with van der Waals surface area (Å²) in [6.07, 6.45) is 1.24. The van der Waals surface area contributed by atoms with Gasteiger partial charge in [-0.3, -0.25) is 0 Å². The Kier molecular flexibility index (Phi) is 6.55. The van der Waals surface area contributed by atoms with Crippen LogP contribution in [0, 0.1) is 0 Å². The first-order chi connectivity index (χ1) is 16.1. The van der Waals surface area contributed by atoms with Crippen LogP contribution in [0.2, 0.25) is 0 Å². The molecule has 0 spiro atoms. The summed E-state index contributed by atoms with van der Waals surface area (Å²) >= 11 is 0. The average Bonchev–Trinajstić information content (AvgIpc) is 3.18. The number of carbonyl (C=O) groups is 1. The van der Waals surface area contributed by atoms with Crippen molar-refractivity contribution in [3.05, 3.63) is 101 Å². The number of hydrogen-bond acceptors (Lipinski definition) is 4. The summed E-state index contributed by atoms with van der Waals surface area (Å²) in [7, 11) is 0. The van der Waals surface area contributed by atoms with Gasteiger partial charge in [-0.15, -0.1) is 0 Å². The number of anilines is 1. The molecule has 4 heteroatoms. The Morgan fingerprint density at radius 2 is 1.47 bits per heavy atom. The van der Waals surface area contributed by atoms with Gasteiger partial charge in [0.25, 0.3) is 0 Å². The molecule has 0 aromatic heterocycles. The van der Waals surface area contributed by atoms with Gasteiger partial charge in [0.2, 0.25) is 0 Å². The van der Waals surface area contributed by atoms with Crippen molar-refractivity contribution >= 4 is 11.7 Å². The van der Waals surface area contributed by atoms with E-state index in [4.69, 9.17) is 4.74 Å². The van der Waals surface area contributed by atoms with Gasteiger partial charge in [-0.05, 0) is 54.5 Å². The number of cyclic esters (lactones) is 1. The van der Waals surface area contributed by atoms with E-state index in [9.17, 15) is 9.90 Å². The minimum Gasteiger partial charge on any atom is -0.457 e. The summed E-state index contributed by atoms with van der Waals surface area (Å²) in [6, 6.07) is 26.5. The second-order valence-corrected chi connectivity index (χ2v) is 10.8. The Labute approximate surface area is 203 Å². The maximum Gasteiger partial charge on any atom is 0.338 e. The highest BCUT2D eigenvalue weighted by Gasteiger charge is 2.39. The number of aliphatic hydroxyl groups is 1. The number of fused-ring (bicyclic) bond motifs is 1. The lowest BCUT2D eigenvalue weighted by Crippen LogP contribution is -2.43. The van der Waals surface area contributed by atoms with E-state index in [0.29, 0.717) is 31.6 Å². The molecule has 0 bridgehead atoms. The van der Waals surface area contributed by atoms with Crippen molar-refractivity contribution in [2.45, 2.75) is 63.6 Å². The van der Waals surface area contributed by atoms with Crippen molar-refractivity contribution < 1.29 is 14.6 Å². The van der Waals surface area contributed by atoms with Crippen LogP contribution in [0.1, 0.15) is 67.6 Å². The van der Waals surface area contributed by atoms with E-state index in [2.05, 4.69) is 74.6 Å². The molecule has 0 fully saturated rings. The average molecular weight is 458 g/mol. The number of benzene rings is 3. The molecule has 4 nitrogen and oxygen atoms in total. The maximum atomic E-state index is 11.8. The van der Waals surface area contributed by atoms with Crippen molar-refractivity contribution in [3.8, 4) is 0 Å². The lowest BCUT2D eigenvalue weighted by Gasteiger charge is -2.41. The third kappa shape index (κ3) is 5.34. The normalized spacial score (nSPS) is 16.8. The van der Waals surface area contributed by atoms with Gasteiger partial charge in [-0.2, -0.15) is 0 Å². The topological polar surface area (TPSA) is 58.6 Å². The van der Waals surface area contributed by atoms with E-state index in [-0.39, 0.29) is 16.8 Å². The van der Waals surface area contributed by atoms with Gasteiger partial charge >= 0.3 is 5.97 Å². The molecule has 1 aliphatic heterocycles. The minimum absolute atomic E-state index is 0.164. The largest absolute Gasteiger partial charge is 0.457 e. The zero-order chi connectivity index (χ0) is 24.4. The van der Waals surface area contributed by atoms with Gasteiger partial charge in [0.05, 0.1) is 11.2 Å². The van der Waals surface area contributed by atoms with E-state index in [1.807, 2.05) is 37.3 Å². The maximum absolute atomic E-state index is 11.8. The molecule has 0 amide bonds. The van der Waals surface area contributed by atoms with Crippen LogP contribution in [0.25, 0.3) is 0 Å². The van der Waals surface area contributed by atoms with Crippen molar-refractivity contribution in [2.75, 3.05) is 11.9 Å². The fourth-order valence-corrected chi connectivity index (χ4v) is 5.49. The monoisotopic (exact) mass is 457 g/mol. The summed E-state index contributed by atoms with van der Waals surface area (Å²) in [4.78, 5) is 11.8. The highest BCUT2D eigenvalue weighted by molar-refractivity contribution is 5.93. The van der Waals surface area contributed by atoms with Crippen molar-refractivity contribution in [1.29, 1.82) is 0 Å². The molecule has 2 N–H and O–H groups in total. The van der Waals surface area contributed by atoms with Gasteiger partial charge in [-0.25, -0.2) is 4.79 Å². The Balaban J connectivity index is 1.55. The molecular weight excluding hydrogens is 422 g/mol. The molecular formula is C30H35NO3. The predicted molar refractivity (Wildman–Crippen MR) is 137 cm³/mol. The first-order valence-corrected chi connectivity index (χ1v) is 12.0. The zero-order valence-electron chi connectivity index (χ0n) is 20.6. The first-order valence-electron chi connectivity index (χ1n) is 12.0. The molecule has 4 rings (SSSR count). The Hall–Kier alpha value is -3.11. The number of ether oxygens (including phenoxy) is 1. The molecule has 0 saturated heterocycles. The predicted octanol–water partition coefficient (Wildman–Crippen LogP) is 6.24. The van der Waals surface area contributed by atoms with E-state index in [1.54, 1.807) is 0 Å². The molecule has 2 atom stereocenters. The van der Waals surface area contributed by atoms with Gasteiger partial charge < -0.3 is 15.2 Å².